The average molecular weight is 287 g/mol. The summed E-state index contributed by atoms with van der Waals surface area (Å²) in [7, 11) is 0. The molecule has 21 heavy (non-hydrogen) atoms. The van der Waals surface area contributed by atoms with Crippen molar-refractivity contribution < 1.29 is 13.6 Å². The van der Waals surface area contributed by atoms with Gasteiger partial charge in [-0.1, -0.05) is 13.8 Å². The second-order valence-corrected chi connectivity index (χ2v) is 6.38. The van der Waals surface area contributed by atoms with Crippen LogP contribution in [0.3, 0.4) is 0 Å². The molecule has 1 aromatic heterocycles. The summed E-state index contributed by atoms with van der Waals surface area (Å²) in [6.07, 6.45) is 3.40. The summed E-state index contributed by atoms with van der Waals surface area (Å²) in [6, 6.07) is 7.43. The zero-order valence-corrected chi connectivity index (χ0v) is 12.2. The molecule has 3 nitrogen and oxygen atoms in total. The van der Waals surface area contributed by atoms with Crippen molar-refractivity contribution in [1.82, 2.24) is 5.32 Å². The van der Waals surface area contributed by atoms with Gasteiger partial charge < -0.3 is 9.73 Å². The molecule has 4 heteroatoms. The monoisotopic (exact) mass is 287 g/mol. The van der Waals surface area contributed by atoms with Crippen LogP contribution in [0.15, 0.2) is 41.0 Å². The molecular formula is C17H18FNO2. The number of hydrogen-bond donors (Lipinski definition) is 1. The van der Waals surface area contributed by atoms with Crippen LogP contribution < -0.4 is 5.32 Å². The number of fused-ring (bicyclic) bond motifs is 1. The van der Waals surface area contributed by atoms with Gasteiger partial charge in [0.05, 0.1) is 12.3 Å². The number of nitrogens with one attached hydrogen (secondary N) is 1. The molecule has 1 amide bonds. The molecular weight excluding hydrogens is 269 g/mol. The van der Waals surface area contributed by atoms with Crippen molar-refractivity contribution in [2.45, 2.75) is 32.7 Å². The molecule has 0 radical (unpaired) electrons. The Hall–Kier alpha value is -2.10. The van der Waals surface area contributed by atoms with Crippen LogP contribution in [0.1, 0.15) is 48.0 Å². The molecule has 1 aromatic carbocycles. The Balaban J connectivity index is 1.82. The molecule has 1 aliphatic carbocycles. The molecule has 1 N–H and O–H groups in total. The van der Waals surface area contributed by atoms with E-state index in [0.29, 0.717) is 5.56 Å². The van der Waals surface area contributed by atoms with E-state index in [-0.39, 0.29) is 23.2 Å². The summed E-state index contributed by atoms with van der Waals surface area (Å²) in [6.45, 7) is 4.32. The third kappa shape index (κ3) is 2.84. The quantitative estimate of drug-likeness (QED) is 0.911. The molecule has 2 aromatic rings. The number of hydrogen-bond acceptors (Lipinski definition) is 2. The summed E-state index contributed by atoms with van der Waals surface area (Å²) in [5.74, 6) is 0.406. The van der Waals surface area contributed by atoms with Gasteiger partial charge in [-0.25, -0.2) is 4.39 Å². The maximum absolute atomic E-state index is 12.9. The van der Waals surface area contributed by atoms with Crippen molar-refractivity contribution >= 4 is 5.91 Å². The Morgan fingerprint density at radius 3 is 2.71 bits per heavy atom. The second kappa shape index (κ2) is 5.02. The lowest BCUT2D eigenvalue weighted by Gasteiger charge is -2.34. The van der Waals surface area contributed by atoms with Crippen molar-refractivity contribution in [2.75, 3.05) is 0 Å². The molecule has 0 spiro atoms. The van der Waals surface area contributed by atoms with Crippen molar-refractivity contribution in [3.63, 3.8) is 0 Å². The lowest BCUT2D eigenvalue weighted by Crippen LogP contribution is -2.36. The van der Waals surface area contributed by atoms with Crippen molar-refractivity contribution in [3.8, 4) is 0 Å². The predicted molar refractivity (Wildman–Crippen MR) is 77.4 cm³/mol. The van der Waals surface area contributed by atoms with Crippen LogP contribution in [-0.4, -0.2) is 5.91 Å². The molecule has 0 unspecified atom stereocenters. The number of carbonyl (C=O) groups is 1. The highest BCUT2D eigenvalue weighted by molar-refractivity contribution is 5.94. The summed E-state index contributed by atoms with van der Waals surface area (Å²) in [5.41, 5.74) is 1.58. The summed E-state index contributed by atoms with van der Waals surface area (Å²) in [4.78, 5) is 12.3. The number of halogens is 1. The van der Waals surface area contributed by atoms with Gasteiger partial charge in [-0.3, -0.25) is 4.79 Å². The zero-order valence-electron chi connectivity index (χ0n) is 12.2. The first-order valence-corrected chi connectivity index (χ1v) is 7.07. The number of benzene rings is 1. The van der Waals surface area contributed by atoms with E-state index >= 15 is 0 Å². The molecule has 0 aliphatic heterocycles. The van der Waals surface area contributed by atoms with E-state index in [1.165, 1.54) is 24.3 Å². The Morgan fingerprint density at radius 2 is 2.00 bits per heavy atom. The molecule has 3 rings (SSSR count). The van der Waals surface area contributed by atoms with Gasteiger partial charge in [0.2, 0.25) is 0 Å². The van der Waals surface area contributed by atoms with E-state index < -0.39 is 0 Å². The van der Waals surface area contributed by atoms with E-state index in [1.54, 1.807) is 6.26 Å². The Bertz CT molecular complexity index is 658. The van der Waals surface area contributed by atoms with Crippen LogP contribution >= 0.6 is 0 Å². The van der Waals surface area contributed by atoms with E-state index in [2.05, 4.69) is 19.2 Å². The highest BCUT2D eigenvalue weighted by atomic mass is 19.1. The number of carbonyl (C=O) groups excluding carboxylic acids is 1. The molecule has 0 saturated carbocycles. The number of rotatable bonds is 2. The van der Waals surface area contributed by atoms with E-state index in [1.807, 2.05) is 6.07 Å². The molecule has 0 saturated heterocycles. The lowest BCUT2D eigenvalue weighted by atomic mass is 9.74. The zero-order chi connectivity index (χ0) is 15.0. The van der Waals surface area contributed by atoms with Gasteiger partial charge in [0.15, 0.2) is 0 Å². The van der Waals surface area contributed by atoms with Gasteiger partial charge in [0, 0.05) is 17.5 Å². The SMILES string of the molecule is CC1(C)Cc2occc2[C@H](NC(=O)c2ccc(F)cc2)C1. The van der Waals surface area contributed by atoms with E-state index in [0.717, 1.165) is 24.2 Å². The molecule has 0 bridgehead atoms. The van der Waals surface area contributed by atoms with Crippen LogP contribution in [0.4, 0.5) is 4.39 Å². The van der Waals surface area contributed by atoms with E-state index in [4.69, 9.17) is 4.42 Å². The Labute approximate surface area is 123 Å². The largest absolute Gasteiger partial charge is 0.469 e. The predicted octanol–water partition coefficient (Wildman–Crippen LogP) is 3.86. The maximum Gasteiger partial charge on any atom is 0.251 e. The van der Waals surface area contributed by atoms with Crippen molar-refractivity contribution in [2.24, 2.45) is 5.41 Å². The minimum Gasteiger partial charge on any atom is -0.469 e. The van der Waals surface area contributed by atoms with Crippen LogP contribution in [0, 0.1) is 11.2 Å². The molecule has 1 heterocycles. The standard InChI is InChI=1S/C17H18FNO2/c1-17(2)9-14(13-7-8-21-15(13)10-17)19-16(20)11-3-5-12(18)6-4-11/h3-8,14H,9-10H2,1-2H3,(H,19,20)/t14-/m1/s1. The van der Waals surface area contributed by atoms with Crippen LogP contribution in [0.2, 0.25) is 0 Å². The van der Waals surface area contributed by atoms with Gasteiger partial charge >= 0.3 is 0 Å². The fourth-order valence-corrected chi connectivity index (χ4v) is 2.95. The number of amides is 1. The normalized spacial score (nSPS) is 19.9. The maximum atomic E-state index is 12.9. The number of furan rings is 1. The third-order valence-corrected chi connectivity index (χ3v) is 3.96. The summed E-state index contributed by atoms with van der Waals surface area (Å²) >= 11 is 0. The van der Waals surface area contributed by atoms with Crippen molar-refractivity contribution in [3.05, 3.63) is 59.3 Å². The first-order chi connectivity index (χ1) is 9.94. The molecule has 0 fully saturated rings. The molecule has 110 valence electrons. The van der Waals surface area contributed by atoms with Gasteiger partial charge in [0.25, 0.3) is 5.91 Å². The van der Waals surface area contributed by atoms with E-state index in [9.17, 15) is 9.18 Å². The fourth-order valence-electron chi connectivity index (χ4n) is 2.95. The minimum absolute atomic E-state index is 0.0694. The topological polar surface area (TPSA) is 42.2 Å². The third-order valence-electron chi connectivity index (χ3n) is 3.96. The van der Waals surface area contributed by atoms with Gasteiger partial charge in [-0.2, -0.15) is 0 Å². The minimum atomic E-state index is -0.345. The van der Waals surface area contributed by atoms with Gasteiger partial charge in [-0.15, -0.1) is 0 Å². The van der Waals surface area contributed by atoms with Crippen LogP contribution in [0.25, 0.3) is 0 Å². The summed E-state index contributed by atoms with van der Waals surface area (Å²) < 4.78 is 18.4. The van der Waals surface area contributed by atoms with Crippen LogP contribution in [-0.2, 0) is 6.42 Å². The Morgan fingerprint density at radius 1 is 1.29 bits per heavy atom. The first-order valence-electron chi connectivity index (χ1n) is 7.07. The Kier molecular flexibility index (Phi) is 3.32. The van der Waals surface area contributed by atoms with Crippen molar-refractivity contribution in [1.29, 1.82) is 0 Å². The first kappa shape index (κ1) is 13.9. The highest BCUT2D eigenvalue weighted by Crippen LogP contribution is 2.41. The average Bonchev–Trinajstić information content (AvgIpc) is 2.86. The van der Waals surface area contributed by atoms with Crippen LogP contribution in [0.5, 0.6) is 0 Å². The van der Waals surface area contributed by atoms with Gasteiger partial charge in [-0.05, 0) is 42.2 Å². The molecule has 1 aliphatic rings. The summed E-state index contributed by atoms with van der Waals surface area (Å²) in [5, 5.41) is 3.03. The second-order valence-electron chi connectivity index (χ2n) is 6.38. The van der Waals surface area contributed by atoms with Gasteiger partial charge in [0.1, 0.15) is 11.6 Å². The highest BCUT2D eigenvalue weighted by Gasteiger charge is 2.35. The molecule has 1 atom stereocenters. The fraction of sp³-hybridized carbons (Fsp3) is 0.353. The smallest absolute Gasteiger partial charge is 0.251 e. The lowest BCUT2D eigenvalue weighted by molar-refractivity contribution is 0.0917.